The Balaban J connectivity index is 1.78. The molecule has 1 atom stereocenters. The van der Waals surface area contributed by atoms with Gasteiger partial charge in [-0.3, -0.25) is 4.99 Å². The van der Waals surface area contributed by atoms with Crippen LogP contribution in [0.1, 0.15) is 17.5 Å². The summed E-state index contributed by atoms with van der Waals surface area (Å²) in [4.78, 5) is 6.28. The topological polar surface area (TPSA) is 48.9 Å². The van der Waals surface area contributed by atoms with Crippen LogP contribution in [-0.2, 0) is 10.9 Å². The van der Waals surface area contributed by atoms with Crippen LogP contribution in [0.15, 0.2) is 41.4 Å². The van der Waals surface area contributed by atoms with Gasteiger partial charge in [0.15, 0.2) is 0 Å². The summed E-state index contributed by atoms with van der Waals surface area (Å²) in [5, 5.41) is 6.62. The van der Waals surface area contributed by atoms with Gasteiger partial charge in [-0.15, -0.1) is 0 Å². The van der Waals surface area contributed by atoms with Gasteiger partial charge in [0.25, 0.3) is 0 Å². The molecule has 2 aromatic carbocycles. The summed E-state index contributed by atoms with van der Waals surface area (Å²) in [5.41, 5.74) is 2.09. The largest absolute Gasteiger partial charge is 0.418 e. The van der Waals surface area contributed by atoms with Crippen molar-refractivity contribution in [2.24, 2.45) is 4.99 Å². The molecule has 0 bridgehead atoms. The number of ether oxygens (including phenoxy) is 1. The fourth-order valence-corrected chi connectivity index (χ4v) is 3.87. The highest BCUT2D eigenvalue weighted by atomic mass is 19.4. The Morgan fingerprint density at radius 1 is 1.17 bits per heavy atom. The first kappa shape index (κ1) is 19.7. The number of aliphatic imine (C=N–C) groups is 1. The van der Waals surface area contributed by atoms with Crippen molar-refractivity contribution in [1.82, 2.24) is 5.32 Å². The summed E-state index contributed by atoms with van der Waals surface area (Å²) < 4.78 is 46.9. The van der Waals surface area contributed by atoms with Crippen molar-refractivity contribution in [3.8, 4) is 0 Å². The van der Waals surface area contributed by atoms with E-state index in [1.165, 1.54) is 6.07 Å². The first-order valence-electron chi connectivity index (χ1n) is 9.59. The van der Waals surface area contributed by atoms with Crippen LogP contribution in [0.4, 0.5) is 35.9 Å². The summed E-state index contributed by atoms with van der Waals surface area (Å²) in [6.45, 7) is 2.14. The normalized spacial score (nSPS) is 18.6. The second kappa shape index (κ2) is 8.04. The van der Waals surface area contributed by atoms with Gasteiger partial charge >= 0.3 is 6.18 Å². The van der Waals surface area contributed by atoms with E-state index in [0.29, 0.717) is 43.2 Å². The number of nitrogens with zero attached hydrogens (tertiary/aromatic N) is 2. The highest BCUT2D eigenvalue weighted by Gasteiger charge is 2.38. The maximum absolute atomic E-state index is 13.9. The highest BCUT2D eigenvalue weighted by Crippen LogP contribution is 2.43. The third-order valence-electron chi connectivity index (χ3n) is 5.27. The molecule has 2 aliphatic rings. The van der Waals surface area contributed by atoms with Crippen LogP contribution in [0, 0.1) is 0 Å². The summed E-state index contributed by atoms with van der Waals surface area (Å²) in [6, 6.07) is 10.1. The van der Waals surface area contributed by atoms with Crippen molar-refractivity contribution in [2.45, 2.75) is 18.6 Å². The Kier molecular flexibility index (Phi) is 5.47. The fourth-order valence-electron chi connectivity index (χ4n) is 3.87. The molecule has 0 aromatic heterocycles. The van der Waals surface area contributed by atoms with Gasteiger partial charge in [-0.25, -0.2) is 0 Å². The van der Waals surface area contributed by atoms with Crippen LogP contribution in [0.5, 0.6) is 0 Å². The van der Waals surface area contributed by atoms with E-state index >= 15 is 0 Å². The first-order valence-corrected chi connectivity index (χ1v) is 9.59. The van der Waals surface area contributed by atoms with E-state index in [9.17, 15) is 13.2 Å². The third-order valence-corrected chi connectivity index (χ3v) is 5.27. The molecule has 1 fully saturated rings. The molecule has 0 spiro atoms. The minimum absolute atomic E-state index is 0.0634. The van der Waals surface area contributed by atoms with Crippen LogP contribution in [0.2, 0.25) is 0 Å². The fraction of sp³-hybridized carbons (Fsp3) is 0.381. The van der Waals surface area contributed by atoms with Crippen molar-refractivity contribution >= 4 is 29.0 Å². The number of methoxy groups -OCH3 is 1. The number of hydrogen-bond acceptors (Lipinski definition) is 5. The van der Waals surface area contributed by atoms with Crippen molar-refractivity contribution < 1.29 is 17.9 Å². The van der Waals surface area contributed by atoms with Gasteiger partial charge in [0, 0.05) is 56.9 Å². The van der Waals surface area contributed by atoms with Crippen molar-refractivity contribution in [3.63, 3.8) is 0 Å². The van der Waals surface area contributed by atoms with Gasteiger partial charge in [0.1, 0.15) is 0 Å². The van der Waals surface area contributed by atoms with E-state index < -0.39 is 11.7 Å². The molecule has 0 radical (unpaired) electrons. The second-order valence-corrected chi connectivity index (χ2v) is 7.20. The lowest BCUT2D eigenvalue weighted by molar-refractivity contribution is -0.137. The number of fused-ring (bicyclic) bond motifs is 2. The van der Waals surface area contributed by atoms with E-state index in [-0.39, 0.29) is 11.7 Å². The predicted octanol–water partition coefficient (Wildman–Crippen LogP) is 4.33. The Morgan fingerprint density at radius 2 is 2.00 bits per heavy atom. The standard InChI is InChI=1S/C21H23F3N4O/c1-29-11-8-14-13-28(10-9-25-14)20-15-12-26-18-4-2-3-5-19(18)27-17(15)7-6-16(20)21(22,23)24/h2-7,12,14,25,27H,8-11,13H2,1H3. The molecule has 8 heteroatoms. The minimum atomic E-state index is -4.45. The number of hydrogen-bond donors (Lipinski definition) is 2. The molecule has 2 aromatic rings. The molecule has 5 nitrogen and oxygen atoms in total. The molecule has 4 rings (SSSR count). The highest BCUT2D eigenvalue weighted by molar-refractivity contribution is 6.01. The summed E-state index contributed by atoms with van der Waals surface area (Å²) >= 11 is 0. The maximum Gasteiger partial charge on any atom is 0.418 e. The molecule has 0 aliphatic carbocycles. The molecule has 1 saturated heterocycles. The van der Waals surface area contributed by atoms with Gasteiger partial charge in [-0.2, -0.15) is 13.2 Å². The van der Waals surface area contributed by atoms with Crippen LogP contribution >= 0.6 is 0 Å². The SMILES string of the molecule is COCCC1CN(c2c(C(F)(F)F)ccc3c2C=Nc2ccccc2N3)CCN1. The lowest BCUT2D eigenvalue weighted by Gasteiger charge is -2.37. The van der Waals surface area contributed by atoms with Gasteiger partial charge < -0.3 is 20.3 Å². The molecule has 0 amide bonds. The molecule has 154 valence electrons. The average molecular weight is 404 g/mol. The average Bonchev–Trinajstić information content (AvgIpc) is 2.90. The van der Waals surface area contributed by atoms with Crippen molar-refractivity contribution in [2.75, 3.05) is 43.6 Å². The Labute approximate surface area is 167 Å². The lowest BCUT2D eigenvalue weighted by atomic mass is 10.0. The van der Waals surface area contributed by atoms with Crippen LogP contribution in [0.25, 0.3) is 0 Å². The summed E-state index contributed by atoms with van der Waals surface area (Å²) in [7, 11) is 1.62. The predicted molar refractivity (Wildman–Crippen MR) is 109 cm³/mol. The first-order chi connectivity index (χ1) is 14.0. The minimum Gasteiger partial charge on any atom is -0.385 e. The van der Waals surface area contributed by atoms with Gasteiger partial charge in [0.2, 0.25) is 0 Å². The maximum atomic E-state index is 13.9. The molecular weight excluding hydrogens is 381 g/mol. The molecule has 2 aliphatic heterocycles. The second-order valence-electron chi connectivity index (χ2n) is 7.20. The zero-order chi connectivity index (χ0) is 20.4. The van der Waals surface area contributed by atoms with Crippen LogP contribution in [0.3, 0.4) is 0 Å². The number of para-hydroxylation sites is 2. The zero-order valence-corrected chi connectivity index (χ0v) is 16.1. The Morgan fingerprint density at radius 3 is 2.79 bits per heavy atom. The van der Waals surface area contributed by atoms with Crippen molar-refractivity contribution in [3.05, 3.63) is 47.5 Å². The smallest absolute Gasteiger partial charge is 0.385 e. The number of rotatable bonds is 4. The van der Waals surface area contributed by atoms with Gasteiger partial charge in [-0.05, 0) is 30.7 Å². The Bertz CT molecular complexity index is 913. The van der Waals surface area contributed by atoms with Gasteiger partial charge in [0.05, 0.1) is 22.6 Å². The van der Waals surface area contributed by atoms with Crippen LogP contribution < -0.4 is 15.5 Å². The monoisotopic (exact) mass is 404 g/mol. The van der Waals surface area contributed by atoms with E-state index in [1.807, 2.05) is 29.2 Å². The molecule has 2 N–H and O–H groups in total. The number of halogens is 3. The molecular formula is C21H23F3N4O. The lowest BCUT2D eigenvalue weighted by Crippen LogP contribution is -2.51. The number of piperazine rings is 1. The van der Waals surface area contributed by atoms with E-state index in [1.54, 1.807) is 13.3 Å². The summed E-state index contributed by atoms with van der Waals surface area (Å²) in [6.07, 6.45) is -2.17. The summed E-state index contributed by atoms with van der Waals surface area (Å²) in [5.74, 6) is 0. The molecule has 0 saturated carbocycles. The molecule has 2 heterocycles. The Hall–Kier alpha value is -2.58. The molecule has 29 heavy (non-hydrogen) atoms. The van der Waals surface area contributed by atoms with E-state index in [0.717, 1.165) is 18.2 Å². The quantitative estimate of drug-likeness (QED) is 0.680. The number of alkyl halides is 3. The van der Waals surface area contributed by atoms with Crippen molar-refractivity contribution in [1.29, 1.82) is 0 Å². The zero-order valence-electron chi connectivity index (χ0n) is 16.1. The van der Waals surface area contributed by atoms with Crippen LogP contribution in [-0.4, -0.2) is 45.6 Å². The van der Waals surface area contributed by atoms with E-state index in [4.69, 9.17) is 4.74 Å². The number of nitrogens with one attached hydrogen (secondary N) is 2. The van der Waals surface area contributed by atoms with Gasteiger partial charge in [-0.1, -0.05) is 12.1 Å². The molecule has 1 unspecified atom stereocenters. The number of benzene rings is 2. The third kappa shape index (κ3) is 4.09. The number of anilines is 3. The van der Waals surface area contributed by atoms with E-state index in [2.05, 4.69) is 15.6 Å².